The minimum Gasteiger partial charge on any atom is -0.357 e. The molecule has 1 unspecified atom stereocenters. The van der Waals surface area contributed by atoms with Crippen LogP contribution in [-0.2, 0) is 6.42 Å². The summed E-state index contributed by atoms with van der Waals surface area (Å²) in [6, 6.07) is 4.83. The van der Waals surface area contributed by atoms with Gasteiger partial charge in [0.05, 0.1) is 0 Å². The lowest BCUT2D eigenvalue weighted by molar-refractivity contribution is 0.336. The van der Waals surface area contributed by atoms with Crippen LogP contribution in [0, 0.1) is 6.92 Å². The van der Waals surface area contributed by atoms with Crippen molar-refractivity contribution in [2.24, 2.45) is 4.99 Å². The van der Waals surface area contributed by atoms with E-state index in [0.717, 1.165) is 31.9 Å². The third-order valence-corrected chi connectivity index (χ3v) is 5.15. The van der Waals surface area contributed by atoms with E-state index in [4.69, 9.17) is 4.99 Å². The summed E-state index contributed by atoms with van der Waals surface area (Å²) in [6.45, 7) is 12.1. The lowest BCUT2D eigenvalue weighted by Gasteiger charge is -2.18. The van der Waals surface area contributed by atoms with Gasteiger partial charge in [-0.2, -0.15) is 0 Å². The van der Waals surface area contributed by atoms with Gasteiger partial charge < -0.3 is 15.5 Å². The predicted octanol–water partition coefficient (Wildman–Crippen LogP) is 3.03. The van der Waals surface area contributed by atoms with Crippen LogP contribution in [0.1, 0.15) is 42.9 Å². The Labute approximate surface area is 145 Å². The van der Waals surface area contributed by atoms with E-state index in [-0.39, 0.29) is 0 Å². The summed E-state index contributed by atoms with van der Waals surface area (Å²) in [5.74, 6) is 0.953. The van der Waals surface area contributed by atoms with Gasteiger partial charge in [0.2, 0.25) is 0 Å². The van der Waals surface area contributed by atoms with Crippen LogP contribution in [0.3, 0.4) is 0 Å². The van der Waals surface area contributed by atoms with Crippen LogP contribution >= 0.6 is 11.3 Å². The van der Waals surface area contributed by atoms with Gasteiger partial charge in [-0.25, -0.2) is 0 Å². The number of rotatable bonds is 8. The van der Waals surface area contributed by atoms with Crippen molar-refractivity contribution in [3.63, 3.8) is 0 Å². The molecule has 2 rings (SSSR count). The zero-order valence-corrected chi connectivity index (χ0v) is 15.7. The zero-order chi connectivity index (χ0) is 16.5. The maximum atomic E-state index is 4.73. The van der Waals surface area contributed by atoms with Gasteiger partial charge in [0, 0.05) is 35.3 Å². The second kappa shape index (κ2) is 9.93. The monoisotopic (exact) mass is 336 g/mol. The SMILES string of the molecule is CCNC(=NCCCN1CCCC1)NC(C)Cc1ccc(C)s1. The lowest BCUT2D eigenvalue weighted by atomic mass is 10.2. The van der Waals surface area contributed by atoms with E-state index in [9.17, 15) is 0 Å². The third kappa shape index (κ3) is 6.92. The molecule has 0 aliphatic carbocycles. The number of nitrogens with one attached hydrogen (secondary N) is 2. The number of likely N-dealkylation sites (tertiary alicyclic amines) is 1. The number of aryl methyl sites for hydroxylation is 1. The van der Waals surface area contributed by atoms with Crippen molar-refractivity contribution in [2.75, 3.05) is 32.7 Å². The number of hydrogen-bond donors (Lipinski definition) is 2. The molecule has 2 heterocycles. The van der Waals surface area contributed by atoms with E-state index in [1.807, 2.05) is 11.3 Å². The molecule has 0 spiro atoms. The first-order chi connectivity index (χ1) is 11.2. The third-order valence-electron chi connectivity index (χ3n) is 4.13. The van der Waals surface area contributed by atoms with Crippen molar-refractivity contribution in [1.29, 1.82) is 0 Å². The number of hydrogen-bond acceptors (Lipinski definition) is 3. The van der Waals surface area contributed by atoms with Gasteiger partial charge in [-0.3, -0.25) is 4.99 Å². The standard InChI is InChI=1S/C18H32N4S/c1-4-19-18(20-10-7-13-22-11-5-6-12-22)21-15(2)14-17-9-8-16(3)23-17/h8-9,15H,4-7,10-14H2,1-3H3,(H2,19,20,21). The van der Waals surface area contributed by atoms with Gasteiger partial charge in [-0.05, 0) is 71.8 Å². The second-order valence-corrected chi connectivity index (χ2v) is 7.80. The number of thiophene rings is 1. The van der Waals surface area contributed by atoms with E-state index in [1.54, 1.807) is 0 Å². The van der Waals surface area contributed by atoms with Crippen molar-refractivity contribution in [2.45, 2.75) is 52.5 Å². The van der Waals surface area contributed by atoms with Crippen LogP contribution in [0.5, 0.6) is 0 Å². The van der Waals surface area contributed by atoms with E-state index < -0.39 is 0 Å². The molecule has 5 heteroatoms. The Morgan fingerprint density at radius 3 is 2.78 bits per heavy atom. The van der Waals surface area contributed by atoms with Crippen molar-refractivity contribution in [1.82, 2.24) is 15.5 Å². The maximum Gasteiger partial charge on any atom is 0.191 e. The second-order valence-electron chi connectivity index (χ2n) is 6.42. The first-order valence-electron chi connectivity index (χ1n) is 9.00. The number of nitrogens with zero attached hydrogens (tertiary/aromatic N) is 2. The average molecular weight is 337 g/mol. The first-order valence-corrected chi connectivity index (χ1v) is 9.81. The molecule has 0 radical (unpaired) electrons. The van der Waals surface area contributed by atoms with Crippen LogP contribution in [0.25, 0.3) is 0 Å². The fourth-order valence-electron chi connectivity index (χ4n) is 2.99. The summed E-state index contributed by atoms with van der Waals surface area (Å²) in [5, 5.41) is 6.90. The fourth-order valence-corrected chi connectivity index (χ4v) is 4.01. The molecule has 1 aromatic rings. The molecular weight excluding hydrogens is 304 g/mol. The average Bonchev–Trinajstić information content (AvgIpc) is 3.15. The summed E-state index contributed by atoms with van der Waals surface area (Å²) in [5.41, 5.74) is 0. The molecule has 0 bridgehead atoms. The minimum absolute atomic E-state index is 0.393. The summed E-state index contributed by atoms with van der Waals surface area (Å²) < 4.78 is 0. The zero-order valence-electron chi connectivity index (χ0n) is 14.9. The Morgan fingerprint density at radius 2 is 2.13 bits per heavy atom. The van der Waals surface area contributed by atoms with Crippen LogP contribution < -0.4 is 10.6 Å². The summed E-state index contributed by atoms with van der Waals surface area (Å²) in [4.78, 5) is 10.1. The number of guanidine groups is 1. The molecule has 23 heavy (non-hydrogen) atoms. The van der Waals surface area contributed by atoms with E-state index in [2.05, 4.69) is 48.4 Å². The molecule has 1 aliphatic heterocycles. The van der Waals surface area contributed by atoms with Crippen LogP contribution in [0.4, 0.5) is 0 Å². The van der Waals surface area contributed by atoms with Gasteiger partial charge in [0.15, 0.2) is 5.96 Å². The van der Waals surface area contributed by atoms with E-state index in [0.29, 0.717) is 6.04 Å². The summed E-state index contributed by atoms with van der Waals surface area (Å²) >= 11 is 1.89. The van der Waals surface area contributed by atoms with Crippen molar-refractivity contribution < 1.29 is 0 Å². The molecule has 0 saturated carbocycles. The topological polar surface area (TPSA) is 39.7 Å². The first kappa shape index (κ1) is 18.3. The largest absolute Gasteiger partial charge is 0.357 e. The van der Waals surface area contributed by atoms with Crippen LogP contribution in [-0.4, -0.2) is 49.6 Å². The van der Waals surface area contributed by atoms with Crippen LogP contribution in [0.15, 0.2) is 17.1 Å². The molecule has 0 amide bonds. The highest BCUT2D eigenvalue weighted by atomic mass is 32.1. The molecule has 1 saturated heterocycles. The van der Waals surface area contributed by atoms with Crippen molar-refractivity contribution in [3.8, 4) is 0 Å². The Morgan fingerprint density at radius 1 is 1.35 bits per heavy atom. The Kier molecular flexibility index (Phi) is 7.89. The van der Waals surface area contributed by atoms with Gasteiger partial charge >= 0.3 is 0 Å². The maximum absolute atomic E-state index is 4.73. The summed E-state index contributed by atoms with van der Waals surface area (Å²) in [7, 11) is 0. The Balaban J connectivity index is 1.73. The molecular formula is C18H32N4S. The van der Waals surface area contributed by atoms with Gasteiger partial charge in [0.25, 0.3) is 0 Å². The molecule has 0 aromatic carbocycles. The van der Waals surface area contributed by atoms with Gasteiger partial charge in [0.1, 0.15) is 0 Å². The van der Waals surface area contributed by atoms with Gasteiger partial charge in [-0.15, -0.1) is 11.3 Å². The normalized spacial score (nSPS) is 17.4. The Hall–Kier alpha value is -1.07. The smallest absolute Gasteiger partial charge is 0.191 e. The Bertz CT molecular complexity index is 477. The summed E-state index contributed by atoms with van der Waals surface area (Å²) in [6.07, 6.45) is 4.94. The molecule has 4 nitrogen and oxygen atoms in total. The predicted molar refractivity (Wildman–Crippen MR) is 102 cm³/mol. The van der Waals surface area contributed by atoms with Gasteiger partial charge in [-0.1, -0.05) is 0 Å². The lowest BCUT2D eigenvalue weighted by Crippen LogP contribution is -2.43. The quantitative estimate of drug-likeness (QED) is 0.435. The highest BCUT2D eigenvalue weighted by Crippen LogP contribution is 2.16. The highest BCUT2D eigenvalue weighted by molar-refractivity contribution is 7.11. The molecule has 1 fully saturated rings. The van der Waals surface area contributed by atoms with Crippen molar-refractivity contribution in [3.05, 3.63) is 21.9 Å². The molecule has 130 valence electrons. The van der Waals surface area contributed by atoms with Crippen molar-refractivity contribution >= 4 is 17.3 Å². The minimum atomic E-state index is 0.393. The molecule has 1 aliphatic rings. The number of aliphatic imine (C=N–C) groups is 1. The highest BCUT2D eigenvalue weighted by Gasteiger charge is 2.10. The molecule has 2 N–H and O–H groups in total. The molecule has 1 aromatic heterocycles. The fraction of sp³-hybridized carbons (Fsp3) is 0.722. The van der Waals surface area contributed by atoms with E-state index in [1.165, 1.54) is 42.2 Å². The van der Waals surface area contributed by atoms with Crippen LogP contribution in [0.2, 0.25) is 0 Å². The van der Waals surface area contributed by atoms with E-state index >= 15 is 0 Å². The molecule has 1 atom stereocenters.